The van der Waals surface area contributed by atoms with E-state index in [2.05, 4.69) is 44.1 Å². The van der Waals surface area contributed by atoms with Crippen LogP contribution >= 0.6 is 31.9 Å². The predicted octanol–water partition coefficient (Wildman–Crippen LogP) is 5.38. The Morgan fingerprint density at radius 2 is 1.90 bits per heavy atom. The Morgan fingerprint density at radius 1 is 1.20 bits per heavy atom. The van der Waals surface area contributed by atoms with Crippen molar-refractivity contribution in [3.8, 4) is 0 Å². The lowest BCUT2D eigenvalue weighted by Gasteiger charge is -2.13. The minimum absolute atomic E-state index is 0.333. The normalized spacial score (nSPS) is 10.4. The molecule has 0 aromatic heterocycles. The van der Waals surface area contributed by atoms with Crippen molar-refractivity contribution in [1.29, 1.82) is 0 Å². The van der Waals surface area contributed by atoms with Crippen molar-refractivity contribution < 1.29 is 9.53 Å². The molecule has 0 spiro atoms. The number of esters is 1. The zero-order chi connectivity index (χ0) is 15.0. The standard InChI is InChI=1S/C15H21Br2NO2/c1-3-4-5-6-7-8-18-14-12(15(19)20-2)9-11(16)10-13(14)17/h9-10,18H,3-8H2,1-2H3. The van der Waals surface area contributed by atoms with Crippen molar-refractivity contribution >= 4 is 43.5 Å². The van der Waals surface area contributed by atoms with Gasteiger partial charge in [-0.05, 0) is 34.5 Å². The summed E-state index contributed by atoms with van der Waals surface area (Å²) in [5.41, 5.74) is 1.35. The van der Waals surface area contributed by atoms with Gasteiger partial charge in [-0.15, -0.1) is 0 Å². The maximum absolute atomic E-state index is 11.8. The average Bonchev–Trinajstić information content (AvgIpc) is 2.43. The third kappa shape index (κ3) is 5.44. The molecule has 0 aliphatic rings. The molecule has 5 heteroatoms. The number of halogens is 2. The van der Waals surface area contributed by atoms with Crippen molar-refractivity contribution in [3.63, 3.8) is 0 Å². The van der Waals surface area contributed by atoms with E-state index in [0.29, 0.717) is 5.56 Å². The highest BCUT2D eigenvalue weighted by Gasteiger charge is 2.15. The molecule has 112 valence electrons. The van der Waals surface area contributed by atoms with E-state index < -0.39 is 0 Å². The number of ether oxygens (including phenoxy) is 1. The Balaban J connectivity index is 2.66. The predicted molar refractivity (Wildman–Crippen MR) is 90.4 cm³/mol. The van der Waals surface area contributed by atoms with Crippen molar-refractivity contribution in [2.45, 2.75) is 39.0 Å². The van der Waals surface area contributed by atoms with Crippen LogP contribution in [0.5, 0.6) is 0 Å². The van der Waals surface area contributed by atoms with Crippen LogP contribution in [-0.2, 0) is 4.74 Å². The quantitative estimate of drug-likeness (QED) is 0.465. The highest BCUT2D eigenvalue weighted by atomic mass is 79.9. The molecule has 3 nitrogen and oxygen atoms in total. The van der Waals surface area contributed by atoms with Crippen LogP contribution in [0.15, 0.2) is 21.1 Å². The number of methoxy groups -OCH3 is 1. The number of carbonyl (C=O) groups is 1. The van der Waals surface area contributed by atoms with Gasteiger partial charge in [0.15, 0.2) is 0 Å². The van der Waals surface area contributed by atoms with E-state index in [1.807, 2.05) is 6.07 Å². The second-order valence-corrected chi connectivity index (χ2v) is 6.41. The Morgan fingerprint density at radius 3 is 2.55 bits per heavy atom. The summed E-state index contributed by atoms with van der Waals surface area (Å²) < 4.78 is 6.53. The van der Waals surface area contributed by atoms with Crippen LogP contribution in [0.4, 0.5) is 5.69 Å². The second kappa shape index (κ2) is 9.40. The highest BCUT2D eigenvalue weighted by molar-refractivity contribution is 9.11. The Labute approximate surface area is 137 Å². The lowest BCUT2D eigenvalue weighted by Crippen LogP contribution is -2.10. The minimum Gasteiger partial charge on any atom is -0.465 e. The van der Waals surface area contributed by atoms with Crippen LogP contribution in [0.25, 0.3) is 0 Å². The van der Waals surface area contributed by atoms with Crippen LogP contribution in [0.1, 0.15) is 49.4 Å². The topological polar surface area (TPSA) is 38.3 Å². The summed E-state index contributed by atoms with van der Waals surface area (Å²) in [7, 11) is 1.39. The molecule has 1 aromatic carbocycles. The van der Waals surface area contributed by atoms with E-state index in [-0.39, 0.29) is 5.97 Å². The number of nitrogens with one attached hydrogen (secondary N) is 1. The number of anilines is 1. The largest absolute Gasteiger partial charge is 0.465 e. The number of rotatable bonds is 8. The van der Waals surface area contributed by atoms with Gasteiger partial charge in [0.2, 0.25) is 0 Å². The van der Waals surface area contributed by atoms with Crippen LogP contribution in [0, 0.1) is 0 Å². The maximum atomic E-state index is 11.8. The van der Waals surface area contributed by atoms with Crippen molar-refractivity contribution in [3.05, 3.63) is 26.6 Å². The molecule has 0 unspecified atom stereocenters. The van der Waals surface area contributed by atoms with E-state index in [0.717, 1.165) is 27.6 Å². The molecule has 0 atom stereocenters. The smallest absolute Gasteiger partial charge is 0.340 e. The Bertz CT molecular complexity index is 450. The summed E-state index contributed by atoms with van der Waals surface area (Å²) >= 11 is 6.88. The summed E-state index contributed by atoms with van der Waals surface area (Å²) in [5.74, 6) is -0.333. The van der Waals surface area contributed by atoms with Gasteiger partial charge in [0.25, 0.3) is 0 Å². The molecule has 0 aliphatic carbocycles. The van der Waals surface area contributed by atoms with E-state index in [4.69, 9.17) is 4.74 Å². The number of carbonyl (C=O) groups excluding carboxylic acids is 1. The highest BCUT2D eigenvalue weighted by Crippen LogP contribution is 2.31. The van der Waals surface area contributed by atoms with E-state index in [1.165, 1.54) is 32.8 Å². The van der Waals surface area contributed by atoms with Gasteiger partial charge in [-0.2, -0.15) is 0 Å². The fraction of sp³-hybridized carbons (Fsp3) is 0.533. The fourth-order valence-corrected chi connectivity index (χ4v) is 3.33. The molecule has 0 saturated heterocycles. The van der Waals surface area contributed by atoms with Gasteiger partial charge in [-0.3, -0.25) is 0 Å². The number of hydrogen-bond acceptors (Lipinski definition) is 3. The molecule has 0 bridgehead atoms. The molecule has 20 heavy (non-hydrogen) atoms. The molecular formula is C15H21Br2NO2. The van der Waals surface area contributed by atoms with Crippen LogP contribution in [-0.4, -0.2) is 19.6 Å². The molecule has 1 N–H and O–H groups in total. The summed E-state index contributed by atoms with van der Waals surface area (Å²) in [5, 5.41) is 3.33. The summed E-state index contributed by atoms with van der Waals surface area (Å²) in [6.45, 7) is 3.06. The van der Waals surface area contributed by atoms with E-state index in [9.17, 15) is 4.79 Å². The van der Waals surface area contributed by atoms with Crippen molar-refractivity contribution in [1.82, 2.24) is 0 Å². The van der Waals surface area contributed by atoms with Gasteiger partial charge in [-0.1, -0.05) is 48.5 Å². The van der Waals surface area contributed by atoms with Crippen LogP contribution < -0.4 is 5.32 Å². The van der Waals surface area contributed by atoms with Gasteiger partial charge in [0, 0.05) is 15.5 Å². The fourth-order valence-electron chi connectivity index (χ4n) is 1.97. The SMILES string of the molecule is CCCCCCCNc1c(Br)cc(Br)cc1C(=O)OC. The molecule has 0 saturated carbocycles. The number of benzene rings is 1. The van der Waals surface area contributed by atoms with Crippen LogP contribution in [0.3, 0.4) is 0 Å². The molecule has 0 aliphatic heterocycles. The summed E-state index contributed by atoms with van der Waals surface area (Å²) in [4.78, 5) is 11.8. The molecule has 1 rings (SSSR count). The molecular weight excluding hydrogens is 386 g/mol. The monoisotopic (exact) mass is 405 g/mol. The lowest BCUT2D eigenvalue weighted by atomic mass is 10.1. The molecule has 1 aromatic rings. The lowest BCUT2D eigenvalue weighted by molar-refractivity contribution is 0.0601. The van der Waals surface area contributed by atoms with Crippen molar-refractivity contribution in [2.24, 2.45) is 0 Å². The Hall–Kier alpha value is -0.550. The first-order chi connectivity index (χ1) is 9.60. The number of unbranched alkanes of at least 4 members (excludes halogenated alkanes) is 4. The van der Waals surface area contributed by atoms with Gasteiger partial charge in [0.1, 0.15) is 0 Å². The first-order valence-corrected chi connectivity index (χ1v) is 8.50. The first kappa shape index (κ1) is 17.5. The number of hydrogen-bond donors (Lipinski definition) is 1. The molecule has 0 radical (unpaired) electrons. The molecule has 0 amide bonds. The molecule has 0 fully saturated rings. The zero-order valence-corrected chi connectivity index (χ0v) is 15.1. The van der Waals surface area contributed by atoms with Gasteiger partial charge in [0.05, 0.1) is 18.4 Å². The van der Waals surface area contributed by atoms with Gasteiger partial charge in [-0.25, -0.2) is 4.79 Å². The maximum Gasteiger partial charge on any atom is 0.340 e. The third-order valence-corrected chi connectivity index (χ3v) is 4.13. The first-order valence-electron chi connectivity index (χ1n) is 6.91. The minimum atomic E-state index is -0.333. The third-order valence-electron chi connectivity index (χ3n) is 3.04. The summed E-state index contributed by atoms with van der Waals surface area (Å²) in [6.07, 6.45) is 6.11. The van der Waals surface area contributed by atoms with E-state index >= 15 is 0 Å². The van der Waals surface area contributed by atoms with Crippen LogP contribution in [0.2, 0.25) is 0 Å². The Kier molecular flexibility index (Phi) is 8.22. The second-order valence-electron chi connectivity index (χ2n) is 4.64. The van der Waals surface area contributed by atoms with Crippen molar-refractivity contribution in [2.75, 3.05) is 19.0 Å². The summed E-state index contributed by atoms with van der Waals surface area (Å²) in [6, 6.07) is 3.70. The van der Waals surface area contributed by atoms with Gasteiger partial charge >= 0.3 is 5.97 Å². The van der Waals surface area contributed by atoms with Gasteiger partial charge < -0.3 is 10.1 Å². The molecule has 0 heterocycles. The van der Waals surface area contributed by atoms with E-state index in [1.54, 1.807) is 6.07 Å². The average molecular weight is 407 g/mol. The zero-order valence-electron chi connectivity index (χ0n) is 12.0.